The maximum absolute atomic E-state index is 3.97. The molecule has 0 unspecified atom stereocenters. The van der Waals surface area contributed by atoms with E-state index in [2.05, 4.69) is 33.9 Å². The Morgan fingerprint density at radius 3 is 1.62 bits per heavy atom. The number of hydrogen-bond donors (Lipinski definition) is 0. The summed E-state index contributed by atoms with van der Waals surface area (Å²) < 4.78 is 0. The van der Waals surface area contributed by atoms with Gasteiger partial charge in [-0.25, -0.2) is 0 Å². The summed E-state index contributed by atoms with van der Waals surface area (Å²) in [4.78, 5) is 0. The highest BCUT2D eigenvalue weighted by Crippen LogP contribution is 2.24. The Morgan fingerprint density at radius 1 is 1.00 bits per heavy atom. The van der Waals surface area contributed by atoms with Crippen LogP contribution in [0.4, 0.5) is 0 Å². The van der Waals surface area contributed by atoms with Crippen molar-refractivity contribution in [1.29, 1.82) is 0 Å². The van der Waals surface area contributed by atoms with Gasteiger partial charge in [0, 0.05) is 0 Å². The Balaban J connectivity index is 0. The molecule has 0 nitrogen and oxygen atoms in total. The summed E-state index contributed by atoms with van der Waals surface area (Å²) in [6.45, 7) is 20.2. The molecule has 0 aromatic rings. The molecule has 0 spiro atoms. The molecule has 0 bridgehead atoms. The van der Waals surface area contributed by atoms with Crippen LogP contribution < -0.4 is 0 Å². The molecule has 0 aliphatic carbocycles. The first-order valence-electron chi connectivity index (χ1n) is 4.87. The van der Waals surface area contributed by atoms with Crippen molar-refractivity contribution in [2.45, 2.75) is 41.5 Å². The van der Waals surface area contributed by atoms with Crippen molar-refractivity contribution < 1.29 is 0 Å². The first kappa shape index (κ1) is 14.7. The molecule has 0 aliphatic heterocycles. The molecule has 0 saturated heterocycles. The van der Waals surface area contributed by atoms with Gasteiger partial charge in [-0.05, 0) is 17.9 Å². The average Bonchev–Trinajstić information content (AvgIpc) is 2.02. The number of hydrogen-bond acceptors (Lipinski definition) is 0. The molecule has 0 fully saturated rings. The molecule has 0 amide bonds. The predicted octanol–water partition coefficient (Wildman–Crippen LogP) is 4.75. The normalized spacial score (nSPS) is 10.6. The average molecular weight is 180 g/mol. The minimum atomic E-state index is 0.173. The van der Waals surface area contributed by atoms with Gasteiger partial charge in [0.05, 0.1) is 0 Å². The van der Waals surface area contributed by atoms with Crippen LogP contribution in [0.1, 0.15) is 41.5 Å². The van der Waals surface area contributed by atoms with E-state index in [4.69, 9.17) is 0 Å². The molecule has 0 N–H and O–H groups in total. The highest BCUT2D eigenvalue weighted by Gasteiger charge is 2.11. The van der Waals surface area contributed by atoms with Crippen molar-refractivity contribution in [2.24, 2.45) is 5.41 Å². The second-order valence-corrected chi connectivity index (χ2v) is 3.95. The fourth-order valence-electron chi connectivity index (χ4n) is 0.493. The summed E-state index contributed by atoms with van der Waals surface area (Å²) in [6.07, 6.45) is 4.02. The van der Waals surface area contributed by atoms with E-state index in [0.29, 0.717) is 0 Å². The largest absolute Gasteiger partial charge is 0.0961 e. The molecule has 13 heavy (non-hydrogen) atoms. The van der Waals surface area contributed by atoms with E-state index in [9.17, 15) is 0 Å². The quantitative estimate of drug-likeness (QED) is 0.538. The third kappa shape index (κ3) is 9.13. The van der Waals surface area contributed by atoms with Gasteiger partial charge in [0.25, 0.3) is 0 Å². The minimum absolute atomic E-state index is 0.173. The maximum Gasteiger partial charge on any atom is -0.0138 e. The van der Waals surface area contributed by atoms with Crippen LogP contribution >= 0.6 is 0 Å². The van der Waals surface area contributed by atoms with E-state index in [0.717, 1.165) is 11.1 Å². The molecule has 0 aromatic carbocycles. The van der Waals surface area contributed by atoms with Crippen molar-refractivity contribution >= 4 is 0 Å². The van der Waals surface area contributed by atoms with Gasteiger partial charge in [-0.15, -0.1) is 0 Å². The molecular formula is C13H24. The second-order valence-electron chi connectivity index (χ2n) is 3.95. The summed E-state index contributed by atoms with van der Waals surface area (Å²) >= 11 is 0. The monoisotopic (exact) mass is 180 g/mol. The fourth-order valence-corrected chi connectivity index (χ4v) is 0.493. The van der Waals surface area contributed by atoms with Gasteiger partial charge in [0.2, 0.25) is 0 Å². The molecule has 0 rings (SSSR count). The fraction of sp³-hybridized carbons (Fsp3) is 0.538. The van der Waals surface area contributed by atoms with Crippen LogP contribution in [0.3, 0.4) is 0 Å². The lowest BCUT2D eigenvalue weighted by atomic mass is 9.87. The highest BCUT2D eigenvalue weighted by atomic mass is 14.2. The zero-order chi connectivity index (χ0) is 11.1. The summed E-state index contributed by atoms with van der Waals surface area (Å²) in [6, 6.07) is 0. The van der Waals surface area contributed by atoms with Crippen LogP contribution in [0.2, 0.25) is 0 Å². The Hall–Kier alpha value is -0.780. The molecule has 0 aromatic heterocycles. The molecule has 76 valence electrons. The number of rotatable bonds is 2. The van der Waals surface area contributed by atoms with Crippen molar-refractivity contribution in [3.8, 4) is 0 Å². The molecule has 0 saturated carbocycles. The SMILES string of the molecule is C=C(C)/C=C\C(=C)C(C)(C)C.CC. The smallest absolute Gasteiger partial charge is 0.0138 e. The standard InChI is InChI=1S/C11H18.C2H6/c1-9(2)7-8-10(3)11(4,5)6;1-2/h7-8H,1,3H2,2,4-6H3;1-2H3/b8-7-;. The Labute approximate surface area is 84.1 Å². The van der Waals surface area contributed by atoms with Gasteiger partial charge in [0.15, 0.2) is 0 Å². The highest BCUT2D eigenvalue weighted by molar-refractivity contribution is 5.26. The Kier molecular flexibility index (Phi) is 7.60. The van der Waals surface area contributed by atoms with E-state index >= 15 is 0 Å². The van der Waals surface area contributed by atoms with E-state index in [1.807, 2.05) is 32.9 Å². The molecule has 0 aliphatic rings. The van der Waals surface area contributed by atoms with Gasteiger partial charge in [-0.3, -0.25) is 0 Å². The summed E-state index contributed by atoms with van der Waals surface area (Å²) in [5.74, 6) is 0. The van der Waals surface area contributed by atoms with Gasteiger partial charge in [-0.1, -0.05) is 65.5 Å². The molecule has 0 atom stereocenters. The zero-order valence-corrected chi connectivity index (χ0v) is 10.1. The van der Waals surface area contributed by atoms with Crippen molar-refractivity contribution in [1.82, 2.24) is 0 Å². The van der Waals surface area contributed by atoms with Crippen LogP contribution in [0, 0.1) is 5.41 Å². The van der Waals surface area contributed by atoms with Crippen LogP contribution in [-0.4, -0.2) is 0 Å². The first-order valence-corrected chi connectivity index (χ1v) is 4.87. The zero-order valence-electron chi connectivity index (χ0n) is 10.1. The van der Waals surface area contributed by atoms with Gasteiger partial charge in [-0.2, -0.15) is 0 Å². The van der Waals surface area contributed by atoms with E-state index in [1.54, 1.807) is 0 Å². The Morgan fingerprint density at radius 2 is 1.38 bits per heavy atom. The summed E-state index contributed by atoms with van der Waals surface area (Å²) in [7, 11) is 0. The van der Waals surface area contributed by atoms with Crippen LogP contribution in [0.5, 0.6) is 0 Å². The van der Waals surface area contributed by atoms with Gasteiger partial charge in [0.1, 0.15) is 0 Å². The van der Waals surface area contributed by atoms with Crippen molar-refractivity contribution in [2.75, 3.05) is 0 Å². The van der Waals surface area contributed by atoms with Gasteiger partial charge >= 0.3 is 0 Å². The molecular weight excluding hydrogens is 156 g/mol. The molecule has 0 heterocycles. The number of allylic oxidation sites excluding steroid dienone is 4. The lowest BCUT2D eigenvalue weighted by molar-refractivity contribution is 0.519. The maximum atomic E-state index is 3.97. The third-order valence-electron chi connectivity index (χ3n) is 1.53. The summed E-state index contributed by atoms with van der Waals surface area (Å²) in [5.41, 5.74) is 2.38. The first-order chi connectivity index (χ1) is 5.84. The molecule has 0 radical (unpaired) electrons. The van der Waals surface area contributed by atoms with E-state index in [-0.39, 0.29) is 5.41 Å². The lowest BCUT2D eigenvalue weighted by Crippen LogP contribution is -2.05. The van der Waals surface area contributed by atoms with E-state index < -0.39 is 0 Å². The van der Waals surface area contributed by atoms with Crippen LogP contribution in [0.25, 0.3) is 0 Å². The van der Waals surface area contributed by atoms with Crippen molar-refractivity contribution in [3.05, 3.63) is 36.5 Å². The van der Waals surface area contributed by atoms with Crippen molar-refractivity contribution in [3.63, 3.8) is 0 Å². The predicted molar refractivity (Wildman–Crippen MR) is 63.9 cm³/mol. The van der Waals surface area contributed by atoms with Crippen LogP contribution in [-0.2, 0) is 0 Å². The van der Waals surface area contributed by atoms with Crippen LogP contribution in [0.15, 0.2) is 36.5 Å². The summed E-state index contributed by atoms with van der Waals surface area (Å²) in [5, 5.41) is 0. The molecule has 0 heteroatoms. The topological polar surface area (TPSA) is 0 Å². The minimum Gasteiger partial charge on any atom is -0.0961 e. The van der Waals surface area contributed by atoms with Gasteiger partial charge < -0.3 is 0 Å². The third-order valence-corrected chi connectivity index (χ3v) is 1.53. The Bertz CT molecular complexity index is 187. The lowest BCUT2D eigenvalue weighted by Gasteiger charge is -2.18. The van der Waals surface area contributed by atoms with E-state index in [1.165, 1.54) is 0 Å². The second kappa shape index (κ2) is 6.71.